The van der Waals surface area contributed by atoms with Crippen molar-refractivity contribution in [3.63, 3.8) is 0 Å². The van der Waals surface area contributed by atoms with Crippen LogP contribution in [0.3, 0.4) is 0 Å². The van der Waals surface area contributed by atoms with Gasteiger partial charge in [0.1, 0.15) is 0 Å². The molecule has 0 radical (unpaired) electrons. The number of nitrogens with zero attached hydrogens (tertiary/aromatic N) is 1. The fraction of sp³-hybridized carbons (Fsp3) is 0.438. The summed E-state index contributed by atoms with van der Waals surface area (Å²) in [5.41, 5.74) is 0.925. The van der Waals surface area contributed by atoms with Gasteiger partial charge in [0.05, 0.1) is 6.61 Å². The van der Waals surface area contributed by atoms with Crippen molar-refractivity contribution in [1.29, 1.82) is 0 Å². The van der Waals surface area contributed by atoms with Crippen LogP contribution in [0.4, 0.5) is 0 Å². The molecule has 1 aromatic rings. The second kappa shape index (κ2) is 11.6. The molecule has 3 nitrogen and oxygen atoms in total. The fourth-order valence-corrected chi connectivity index (χ4v) is 1.91. The van der Waals surface area contributed by atoms with Gasteiger partial charge in [0.15, 0.2) is 0 Å². The zero-order chi connectivity index (χ0) is 14.8. The number of hydrogen-bond acceptors (Lipinski definition) is 3. The highest BCUT2D eigenvalue weighted by Gasteiger charge is 2.00. The zero-order valence-corrected chi connectivity index (χ0v) is 14.1. The summed E-state index contributed by atoms with van der Waals surface area (Å²) in [7, 11) is 0. The molecule has 0 spiro atoms. The first-order valence-corrected chi connectivity index (χ1v) is 7.36. The van der Waals surface area contributed by atoms with Crippen LogP contribution in [0, 0.1) is 0 Å². The van der Waals surface area contributed by atoms with Crippen molar-refractivity contribution in [2.24, 2.45) is 0 Å². The standard InChI is InChI=1S/C16H22ClNO2.ClH/c1-3-18(4-2)12-5-13-20-16(19)11-8-14-6-9-15(17)10-7-14;/h6-11H,3-5,12-13H2,1-2H3;1H/b11-8+;. The predicted octanol–water partition coefficient (Wildman–Crippen LogP) is 4.05. The largest absolute Gasteiger partial charge is 0.462 e. The van der Waals surface area contributed by atoms with Gasteiger partial charge >= 0.3 is 5.97 Å². The van der Waals surface area contributed by atoms with Crippen LogP contribution in [0.15, 0.2) is 30.3 Å². The topological polar surface area (TPSA) is 29.5 Å². The first-order valence-electron chi connectivity index (χ1n) is 6.98. The lowest BCUT2D eigenvalue weighted by molar-refractivity contribution is -0.137. The number of carbonyl (C=O) groups is 1. The molecule has 0 saturated heterocycles. The highest BCUT2D eigenvalue weighted by molar-refractivity contribution is 6.30. The van der Waals surface area contributed by atoms with E-state index in [1.807, 2.05) is 12.1 Å². The Hall–Kier alpha value is -1.03. The van der Waals surface area contributed by atoms with Gasteiger partial charge in [-0.05, 0) is 43.3 Å². The molecule has 0 aliphatic carbocycles. The Morgan fingerprint density at radius 2 is 1.86 bits per heavy atom. The highest BCUT2D eigenvalue weighted by atomic mass is 35.5. The fourth-order valence-electron chi connectivity index (χ4n) is 1.79. The molecule has 21 heavy (non-hydrogen) atoms. The molecule has 1 rings (SSSR count). The van der Waals surface area contributed by atoms with Crippen molar-refractivity contribution in [2.45, 2.75) is 20.3 Å². The molecule has 0 aliphatic rings. The summed E-state index contributed by atoms with van der Waals surface area (Å²) in [6, 6.07) is 7.28. The molecule has 0 atom stereocenters. The van der Waals surface area contributed by atoms with Gasteiger partial charge in [-0.15, -0.1) is 12.4 Å². The summed E-state index contributed by atoms with van der Waals surface area (Å²) in [6.07, 6.45) is 4.03. The van der Waals surface area contributed by atoms with Gasteiger partial charge < -0.3 is 9.64 Å². The highest BCUT2D eigenvalue weighted by Crippen LogP contribution is 2.10. The van der Waals surface area contributed by atoms with Crippen molar-refractivity contribution in [2.75, 3.05) is 26.2 Å². The maximum atomic E-state index is 11.5. The number of halogens is 2. The van der Waals surface area contributed by atoms with E-state index in [0.717, 1.165) is 31.6 Å². The molecule has 0 amide bonds. The lowest BCUT2D eigenvalue weighted by Crippen LogP contribution is -2.25. The van der Waals surface area contributed by atoms with Crippen LogP contribution in [-0.2, 0) is 9.53 Å². The third-order valence-corrected chi connectivity index (χ3v) is 3.29. The van der Waals surface area contributed by atoms with Gasteiger partial charge in [-0.25, -0.2) is 4.79 Å². The second-order valence-electron chi connectivity index (χ2n) is 4.43. The molecular weight excluding hydrogens is 309 g/mol. The summed E-state index contributed by atoms with van der Waals surface area (Å²) in [6.45, 7) is 7.73. The molecule has 5 heteroatoms. The van der Waals surface area contributed by atoms with Gasteiger partial charge in [0.25, 0.3) is 0 Å². The maximum absolute atomic E-state index is 11.5. The number of ether oxygens (including phenoxy) is 1. The summed E-state index contributed by atoms with van der Waals surface area (Å²) in [5.74, 6) is -0.306. The smallest absolute Gasteiger partial charge is 0.330 e. The number of rotatable bonds is 8. The van der Waals surface area contributed by atoms with Crippen LogP contribution in [0.25, 0.3) is 6.08 Å². The van der Waals surface area contributed by atoms with Crippen LogP contribution >= 0.6 is 24.0 Å². The van der Waals surface area contributed by atoms with Crippen LogP contribution in [0.2, 0.25) is 5.02 Å². The van der Waals surface area contributed by atoms with E-state index in [4.69, 9.17) is 16.3 Å². The minimum atomic E-state index is -0.306. The first-order chi connectivity index (χ1) is 9.65. The number of esters is 1. The monoisotopic (exact) mass is 331 g/mol. The SMILES string of the molecule is CCN(CC)CCCOC(=O)/C=C/c1ccc(Cl)cc1.Cl. The van der Waals surface area contributed by atoms with Gasteiger partial charge in [0, 0.05) is 17.6 Å². The summed E-state index contributed by atoms with van der Waals surface area (Å²) < 4.78 is 5.15. The Kier molecular flexibility index (Phi) is 11.0. The van der Waals surface area contributed by atoms with Gasteiger partial charge in [0.2, 0.25) is 0 Å². The van der Waals surface area contributed by atoms with E-state index in [9.17, 15) is 4.79 Å². The van der Waals surface area contributed by atoms with E-state index in [1.165, 1.54) is 6.08 Å². The average Bonchev–Trinajstić information content (AvgIpc) is 2.47. The number of benzene rings is 1. The van der Waals surface area contributed by atoms with Gasteiger partial charge in [-0.3, -0.25) is 0 Å². The molecule has 0 aromatic heterocycles. The molecule has 0 N–H and O–H groups in total. The number of hydrogen-bond donors (Lipinski definition) is 0. The zero-order valence-electron chi connectivity index (χ0n) is 12.5. The van der Waals surface area contributed by atoms with Crippen LogP contribution in [0.5, 0.6) is 0 Å². The molecule has 118 valence electrons. The van der Waals surface area contributed by atoms with Crippen LogP contribution < -0.4 is 0 Å². The number of carbonyl (C=O) groups excluding carboxylic acids is 1. The van der Waals surface area contributed by atoms with E-state index in [-0.39, 0.29) is 18.4 Å². The molecule has 1 aromatic carbocycles. The Balaban J connectivity index is 0.00000400. The lowest BCUT2D eigenvalue weighted by atomic mass is 10.2. The van der Waals surface area contributed by atoms with Crippen molar-refractivity contribution in [3.8, 4) is 0 Å². The second-order valence-corrected chi connectivity index (χ2v) is 4.87. The van der Waals surface area contributed by atoms with Crippen LogP contribution in [-0.4, -0.2) is 37.1 Å². The third-order valence-electron chi connectivity index (χ3n) is 3.04. The van der Waals surface area contributed by atoms with Crippen molar-refractivity contribution in [3.05, 3.63) is 40.9 Å². The van der Waals surface area contributed by atoms with Crippen molar-refractivity contribution >= 4 is 36.1 Å². The average molecular weight is 332 g/mol. The molecule has 0 saturated carbocycles. The molecule has 0 heterocycles. The van der Waals surface area contributed by atoms with Crippen molar-refractivity contribution < 1.29 is 9.53 Å². The molecule has 0 fully saturated rings. The Labute approximate surface area is 138 Å². The van der Waals surface area contributed by atoms with E-state index in [0.29, 0.717) is 11.6 Å². The van der Waals surface area contributed by atoms with E-state index < -0.39 is 0 Å². The van der Waals surface area contributed by atoms with Gasteiger partial charge in [-0.1, -0.05) is 37.6 Å². The normalized spacial score (nSPS) is 10.7. The molecular formula is C16H23Cl2NO2. The molecule has 0 aliphatic heterocycles. The summed E-state index contributed by atoms with van der Waals surface area (Å²) in [4.78, 5) is 13.8. The minimum absolute atomic E-state index is 0. The Morgan fingerprint density at radius 3 is 2.43 bits per heavy atom. The van der Waals surface area contributed by atoms with Crippen LogP contribution in [0.1, 0.15) is 25.8 Å². The Morgan fingerprint density at radius 1 is 1.24 bits per heavy atom. The predicted molar refractivity (Wildman–Crippen MR) is 91.1 cm³/mol. The van der Waals surface area contributed by atoms with E-state index in [2.05, 4.69) is 18.7 Å². The summed E-state index contributed by atoms with van der Waals surface area (Å²) >= 11 is 5.79. The summed E-state index contributed by atoms with van der Waals surface area (Å²) in [5, 5.41) is 0.682. The van der Waals surface area contributed by atoms with E-state index >= 15 is 0 Å². The maximum Gasteiger partial charge on any atom is 0.330 e. The molecule has 0 bridgehead atoms. The first kappa shape index (κ1) is 20.0. The quantitative estimate of drug-likeness (QED) is 0.409. The third kappa shape index (κ3) is 8.76. The lowest BCUT2D eigenvalue weighted by Gasteiger charge is -2.17. The van der Waals surface area contributed by atoms with E-state index in [1.54, 1.807) is 18.2 Å². The van der Waals surface area contributed by atoms with Gasteiger partial charge in [-0.2, -0.15) is 0 Å². The van der Waals surface area contributed by atoms with Crippen molar-refractivity contribution in [1.82, 2.24) is 4.90 Å². The Bertz CT molecular complexity index is 428. The molecule has 0 unspecified atom stereocenters. The minimum Gasteiger partial charge on any atom is -0.462 e.